The summed E-state index contributed by atoms with van der Waals surface area (Å²) in [7, 11) is 0. The van der Waals surface area contributed by atoms with E-state index < -0.39 is 0 Å². The van der Waals surface area contributed by atoms with E-state index in [-0.39, 0.29) is 0 Å². The highest BCUT2D eigenvalue weighted by molar-refractivity contribution is 9.10. The van der Waals surface area contributed by atoms with Crippen LogP contribution in [0.4, 0.5) is 0 Å². The first-order chi connectivity index (χ1) is 7.76. The quantitative estimate of drug-likeness (QED) is 0.939. The minimum Gasteiger partial charge on any atom is -0.325 e. The molecule has 0 radical (unpaired) electrons. The van der Waals surface area contributed by atoms with Crippen molar-refractivity contribution in [2.75, 3.05) is 0 Å². The summed E-state index contributed by atoms with van der Waals surface area (Å²) in [4.78, 5) is 0. The Balaban J connectivity index is 2.54. The topological polar surface area (TPSA) is 43.8 Å². The molecule has 0 aliphatic carbocycles. The summed E-state index contributed by atoms with van der Waals surface area (Å²) < 4.78 is 3.05. The molecule has 2 rings (SSSR count). The number of rotatable bonds is 3. The van der Waals surface area contributed by atoms with E-state index in [1.54, 1.807) is 0 Å². The van der Waals surface area contributed by atoms with Gasteiger partial charge in [0.25, 0.3) is 0 Å². The van der Waals surface area contributed by atoms with Crippen LogP contribution in [-0.2, 0) is 13.1 Å². The summed E-state index contributed by atoms with van der Waals surface area (Å²) in [5.74, 6) is 0. The lowest BCUT2D eigenvalue weighted by atomic mass is 10.1. The standard InChI is InChI=1S/C12H14BrN3/c1-2-16-12(7-9(8-14)15-16)10-5-3-4-6-11(10)13/h3-7H,2,8,14H2,1H3. The van der Waals surface area contributed by atoms with Crippen LogP contribution in [-0.4, -0.2) is 9.78 Å². The third-order valence-electron chi connectivity index (χ3n) is 2.49. The highest BCUT2D eigenvalue weighted by Gasteiger charge is 2.10. The zero-order valence-corrected chi connectivity index (χ0v) is 10.7. The molecule has 3 nitrogen and oxygen atoms in total. The van der Waals surface area contributed by atoms with Crippen molar-refractivity contribution in [3.63, 3.8) is 0 Å². The van der Waals surface area contributed by atoms with E-state index in [0.717, 1.165) is 28.0 Å². The Bertz CT molecular complexity index is 491. The molecule has 1 heterocycles. The summed E-state index contributed by atoms with van der Waals surface area (Å²) >= 11 is 3.56. The zero-order chi connectivity index (χ0) is 11.5. The molecule has 0 spiro atoms. The van der Waals surface area contributed by atoms with E-state index in [1.165, 1.54) is 0 Å². The molecule has 0 saturated heterocycles. The minimum absolute atomic E-state index is 0.477. The summed E-state index contributed by atoms with van der Waals surface area (Å²) in [5.41, 5.74) is 8.80. The molecule has 0 amide bonds. The normalized spacial score (nSPS) is 10.7. The Morgan fingerprint density at radius 1 is 1.38 bits per heavy atom. The lowest BCUT2D eigenvalue weighted by molar-refractivity contribution is 0.653. The summed E-state index contributed by atoms with van der Waals surface area (Å²) in [6.45, 7) is 3.40. The van der Waals surface area contributed by atoms with Gasteiger partial charge in [0.1, 0.15) is 0 Å². The third kappa shape index (κ3) is 2.03. The Morgan fingerprint density at radius 3 is 2.75 bits per heavy atom. The molecular formula is C12H14BrN3. The third-order valence-corrected chi connectivity index (χ3v) is 3.18. The maximum Gasteiger partial charge on any atom is 0.0766 e. The van der Waals surface area contributed by atoms with Gasteiger partial charge in [-0.2, -0.15) is 5.10 Å². The van der Waals surface area contributed by atoms with Crippen LogP contribution in [0.1, 0.15) is 12.6 Å². The van der Waals surface area contributed by atoms with Crippen LogP contribution in [0.25, 0.3) is 11.3 Å². The molecule has 1 aromatic carbocycles. The minimum atomic E-state index is 0.477. The second-order valence-corrected chi connectivity index (χ2v) is 4.37. The van der Waals surface area contributed by atoms with Crippen molar-refractivity contribution in [2.45, 2.75) is 20.0 Å². The molecule has 2 aromatic rings. The van der Waals surface area contributed by atoms with Gasteiger partial charge in [-0.3, -0.25) is 4.68 Å². The summed E-state index contributed by atoms with van der Waals surface area (Å²) in [6.07, 6.45) is 0. The number of hydrogen-bond acceptors (Lipinski definition) is 2. The molecular weight excluding hydrogens is 266 g/mol. The number of benzene rings is 1. The molecule has 0 bridgehead atoms. The van der Waals surface area contributed by atoms with Crippen LogP contribution in [0.2, 0.25) is 0 Å². The maximum absolute atomic E-state index is 5.62. The molecule has 0 aliphatic heterocycles. The molecule has 16 heavy (non-hydrogen) atoms. The average Bonchev–Trinajstić information content (AvgIpc) is 2.72. The van der Waals surface area contributed by atoms with Crippen molar-refractivity contribution < 1.29 is 0 Å². The molecule has 0 unspecified atom stereocenters. The van der Waals surface area contributed by atoms with E-state index in [1.807, 2.05) is 28.9 Å². The van der Waals surface area contributed by atoms with Crippen molar-refractivity contribution in [2.24, 2.45) is 5.73 Å². The second-order valence-electron chi connectivity index (χ2n) is 3.52. The Morgan fingerprint density at radius 2 is 2.12 bits per heavy atom. The molecule has 1 aromatic heterocycles. The van der Waals surface area contributed by atoms with E-state index in [2.05, 4.69) is 34.0 Å². The van der Waals surface area contributed by atoms with Crippen molar-refractivity contribution in [3.05, 3.63) is 40.5 Å². The van der Waals surface area contributed by atoms with Gasteiger partial charge in [-0.15, -0.1) is 0 Å². The fraction of sp³-hybridized carbons (Fsp3) is 0.250. The van der Waals surface area contributed by atoms with Crippen LogP contribution in [0.3, 0.4) is 0 Å². The van der Waals surface area contributed by atoms with Gasteiger partial charge < -0.3 is 5.73 Å². The molecule has 4 heteroatoms. The van der Waals surface area contributed by atoms with Crippen LogP contribution >= 0.6 is 15.9 Å². The van der Waals surface area contributed by atoms with Crippen LogP contribution in [0.5, 0.6) is 0 Å². The number of nitrogens with two attached hydrogens (primary N) is 1. The fourth-order valence-corrected chi connectivity index (χ4v) is 2.18. The lowest BCUT2D eigenvalue weighted by Crippen LogP contribution is -2.02. The smallest absolute Gasteiger partial charge is 0.0766 e. The van der Waals surface area contributed by atoms with E-state index in [4.69, 9.17) is 5.73 Å². The maximum atomic E-state index is 5.62. The van der Waals surface area contributed by atoms with Crippen molar-refractivity contribution in [1.82, 2.24) is 9.78 Å². The predicted octanol–water partition coefficient (Wildman–Crippen LogP) is 2.79. The Hall–Kier alpha value is -1.13. The molecule has 0 atom stereocenters. The molecule has 0 fully saturated rings. The van der Waals surface area contributed by atoms with Crippen LogP contribution in [0.15, 0.2) is 34.8 Å². The van der Waals surface area contributed by atoms with Gasteiger partial charge in [0.2, 0.25) is 0 Å². The number of hydrogen-bond donors (Lipinski definition) is 1. The van der Waals surface area contributed by atoms with Gasteiger partial charge in [0, 0.05) is 23.1 Å². The van der Waals surface area contributed by atoms with Crippen molar-refractivity contribution in [1.29, 1.82) is 0 Å². The first kappa shape index (κ1) is 11.4. The highest BCUT2D eigenvalue weighted by Crippen LogP contribution is 2.28. The summed E-state index contributed by atoms with van der Waals surface area (Å²) in [5, 5.41) is 4.44. The highest BCUT2D eigenvalue weighted by atomic mass is 79.9. The Labute approximate surface area is 103 Å². The van der Waals surface area contributed by atoms with Gasteiger partial charge >= 0.3 is 0 Å². The van der Waals surface area contributed by atoms with Crippen LogP contribution < -0.4 is 5.73 Å². The lowest BCUT2D eigenvalue weighted by Gasteiger charge is -2.06. The number of halogens is 1. The first-order valence-electron chi connectivity index (χ1n) is 5.28. The first-order valence-corrected chi connectivity index (χ1v) is 6.07. The number of aryl methyl sites for hydroxylation is 1. The van der Waals surface area contributed by atoms with Gasteiger partial charge in [-0.1, -0.05) is 34.1 Å². The van der Waals surface area contributed by atoms with Gasteiger partial charge in [-0.25, -0.2) is 0 Å². The molecule has 2 N–H and O–H groups in total. The van der Waals surface area contributed by atoms with E-state index in [0.29, 0.717) is 6.54 Å². The zero-order valence-electron chi connectivity index (χ0n) is 9.15. The molecule has 0 saturated carbocycles. The van der Waals surface area contributed by atoms with Crippen molar-refractivity contribution >= 4 is 15.9 Å². The predicted molar refractivity (Wildman–Crippen MR) is 68.9 cm³/mol. The number of nitrogens with zero attached hydrogens (tertiary/aromatic N) is 2. The largest absolute Gasteiger partial charge is 0.325 e. The Kier molecular flexibility index (Phi) is 3.41. The van der Waals surface area contributed by atoms with Gasteiger partial charge in [0.05, 0.1) is 11.4 Å². The average molecular weight is 280 g/mol. The van der Waals surface area contributed by atoms with Crippen LogP contribution in [0, 0.1) is 0 Å². The fourth-order valence-electron chi connectivity index (χ4n) is 1.70. The summed E-state index contributed by atoms with van der Waals surface area (Å²) in [6, 6.07) is 10.2. The SMILES string of the molecule is CCn1nc(CN)cc1-c1ccccc1Br. The van der Waals surface area contributed by atoms with Gasteiger partial charge in [-0.05, 0) is 19.1 Å². The van der Waals surface area contributed by atoms with E-state index in [9.17, 15) is 0 Å². The molecule has 84 valence electrons. The number of aromatic nitrogens is 2. The molecule has 0 aliphatic rings. The van der Waals surface area contributed by atoms with Crippen molar-refractivity contribution in [3.8, 4) is 11.3 Å². The van der Waals surface area contributed by atoms with Gasteiger partial charge in [0.15, 0.2) is 0 Å². The monoisotopic (exact) mass is 279 g/mol. The second kappa shape index (κ2) is 4.80. The van der Waals surface area contributed by atoms with E-state index >= 15 is 0 Å².